The van der Waals surface area contributed by atoms with Gasteiger partial charge in [0.25, 0.3) is 0 Å². The summed E-state index contributed by atoms with van der Waals surface area (Å²) in [5.74, 6) is -0.380. The lowest BCUT2D eigenvalue weighted by Gasteiger charge is -2.24. The first-order valence-corrected chi connectivity index (χ1v) is 13.6. The summed E-state index contributed by atoms with van der Waals surface area (Å²) in [6, 6.07) is 16.2. The SMILES string of the molecule is CCC(c1cc(F)c(C)c(F)c1)n1cc(-c2ccc(F)cc2)cc2c(-c3ccc(-n4cnc(C)c4)c(OC)c3)nnc1-2. The third-order valence-corrected chi connectivity index (χ3v) is 7.59. The zero-order chi connectivity index (χ0) is 29.5. The Hall–Kier alpha value is -4.92. The van der Waals surface area contributed by atoms with Crippen molar-refractivity contribution in [2.45, 2.75) is 33.2 Å². The molecule has 2 aliphatic rings. The van der Waals surface area contributed by atoms with E-state index in [9.17, 15) is 13.2 Å². The highest BCUT2D eigenvalue weighted by atomic mass is 19.1. The summed E-state index contributed by atoms with van der Waals surface area (Å²) in [5.41, 5.74) is 5.84. The quantitative estimate of drug-likeness (QED) is 0.197. The number of hydrogen-bond acceptors (Lipinski definition) is 4. The molecule has 0 spiro atoms. The molecular formula is C33H28F3N5O. The molecule has 42 heavy (non-hydrogen) atoms. The fourth-order valence-electron chi connectivity index (χ4n) is 5.33. The van der Waals surface area contributed by atoms with Crippen molar-refractivity contribution in [2.75, 3.05) is 7.11 Å². The van der Waals surface area contributed by atoms with Crippen LogP contribution in [0.2, 0.25) is 0 Å². The summed E-state index contributed by atoms with van der Waals surface area (Å²) < 4.78 is 52.6. The van der Waals surface area contributed by atoms with Gasteiger partial charge in [-0.15, -0.1) is 10.2 Å². The van der Waals surface area contributed by atoms with Crippen molar-refractivity contribution in [3.63, 3.8) is 0 Å². The van der Waals surface area contributed by atoms with E-state index >= 15 is 0 Å². The minimum absolute atomic E-state index is 0.0255. The average molecular weight is 568 g/mol. The van der Waals surface area contributed by atoms with Crippen molar-refractivity contribution < 1.29 is 17.9 Å². The first-order valence-electron chi connectivity index (χ1n) is 13.6. The van der Waals surface area contributed by atoms with Crippen LogP contribution < -0.4 is 4.74 Å². The van der Waals surface area contributed by atoms with Gasteiger partial charge in [0.05, 0.1) is 30.9 Å². The molecule has 4 aromatic rings. The Labute approximate surface area is 241 Å². The molecule has 0 radical (unpaired) electrons. The molecule has 6 nitrogen and oxygen atoms in total. The number of rotatable bonds is 7. The van der Waals surface area contributed by atoms with Gasteiger partial charge in [-0.3, -0.25) is 0 Å². The molecule has 212 valence electrons. The van der Waals surface area contributed by atoms with E-state index < -0.39 is 17.7 Å². The van der Waals surface area contributed by atoms with Crippen LogP contribution in [0.25, 0.3) is 39.5 Å². The first kappa shape index (κ1) is 27.3. The van der Waals surface area contributed by atoms with Crippen molar-refractivity contribution >= 4 is 0 Å². The summed E-state index contributed by atoms with van der Waals surface area (Å²) in [7, 11) is 1.60. The maximum Gasteiger partial charge on any atom is 0.165 e. The Morgan fingerprint density at radius 3 is 2.19 bits per heavy atom. The fraction of sp³-hybridized carbons (Fsp3) is 0.182. The Kier molecular flexibility index (Phi) is 7.02. The molecule has 0 saturated carbocycles. The van der Waals surface area contributed by atoms with Gasteiger partial charge in [-0.25, -0.2) is 18.2 Å². The number of aryl methyl sites for hydroxylation is 1. The number of hydrogen-bond donors (Lipinski definition) is 0. The largest absolute Gasteiger partial charge is 0.495 e. The fourth-order valence-corrected chi connectivity index (χ4v) is 5.33. The van der Waals surface area contributed by atoms with Crippen LogP contribution in [0.4, 0.5) is 13.2 Å². The molecular weight excluding hydrogens is 539 g/mol. The normalized spacial score (nSPS) is 12.2. The molecule has 2 aliphatic heterocycles. The van der Waals surface area contributed by atoms with E-state index in [1.807, 2.05) is 59.6 Å². The molecule has 1 aromatic heterocycles. The van der Waals surface area contributed by atoms with Crippen molar-refractivity contribution in [1.82, 2.24) is 24.3 Å². The zero-order valence-corrected chi connectivity index (χ0v) is 23.6. The van der Waals surface area contributed by atoms with Crippen LogP contribution >= 0.6 is 0 Å². The third kappa shape index (κ3) is 4.81. The zero-order valence-electron chi connectivity index (χ0n) is 23.6. The molecule has 3 aromatic carbocycles. The number of pyridine rings is 1. The van der Waals surface area contributed by atoms with Crippen LogP contribution in [0.3, 0.4) is 0 Å². The summed E-state index contributed by atoms with van der Waals surface area (Å²) in [6.45, 7) is 5.28. The summed E-state index contributed by atoms with van der Waals surface area (Å²) in [6.07, 6.45) is 6.05. The lowest BCUT2D eigenvalue weighted by molar-refractivity contribution is 0.413. The molecule has 1 unspecified atom stereocenters. The van der Waals surface area contributed by atoms with E-state index in [-0.39, 0.29) is 11.4 Å². The molecule has 0 N–H and O–H groups in total. The number of methoxy groups -OCH3 is 1. The summed E-state index contributed by atoms with van der Waals surface area (Å²) in [5, 5.41) is 9.11. The molecule has 0 aliphatic carbocycles. The smallest absolute Gasteiger partial charge is 0.165 e. The van der Waals surface area contributed by atoms with E-state index in [0.717, 1.165) is 33.6 Å². The molecule has 0 saturated heterocycles. The van der Waals surface area contributed by atoms with Crippen molar-refractivity contribution in [2.24, 2.45) is 0 Å². The van der Waals surface area contributed by atoms with Gasteiger partial charge in [-0.05, 0) is 79.4 Å². The van der Waals surface area contributed by atoms with Crippen LogP contribution in [0.15, 0.2) is 79.4 Å². The van der Waals surface area contributed by atoms with E-state index in [1.54, 1.807) is 25.6 Å². The second-order valence-electron chi connectivity index (χ2n) is 10.3. The highest BCUT2D eigenvalue weighted by Gasteiger charge is 2.26. The Bertz CT molecular complexity index is 1850. The van der Waals surface area contributed by atoms with Gasteiger partial charge >= 0.3 is 0 Å². The number of halogens is 3. The minimum Gasteiger partial charge on any atom is -0.495 e. The predicted molar refractivity (Wildman–Crippen MR) is 155 cm³/mol. The van der Waals surface area contributed by atoms with Crippen LogP contribution in [0, 0.1) is 31.3 Å². The van der Waals surface area contributed by atoms with E-state index in [4.69, 9.17) is 4.74 Å². The minimum atomic E-state index is -0.607. The van der Waals surface area contributed by atoms with Crippen LogP contribution in [0.1, 0.15) is 36.2 Å². The van der Waals surface area contributed by atoms with Crippen molar-refractivity contribution in [3.8, 4) is 45.2 Å². The maximum absolute atomic E-state index is 14.7. The number of aromatic nitrogens is 5. The summed E-state index contributed by atoms with van der Waals surface area (Å²) in [4.78, 5) is 4.31. The van der Waals surface area contributed by atoms with Crippen LogP contribution in [-0.4, -0.2) is 31.4 Å². The number of ether oxygens (including phenoxy) is 1. The molecule has 3 heterocycles. The molecule has 0 bridgehead atoms. The number of fused-ring (bicyclic) bond motifs is 1. The Morgan fingerprint density at radius 1 is 0.833 bits per heavy atom. The Morgan fingerprint density at radius 2 is 1.55 bits per heavy atom. The molecule has 9 heteroatoms. The predicted octanol–water partition coefficient (Wildman–Crippen LogP) is 7.94. The number of nitrogens with zero attached hydrogens (tertiary/aromatic N) is 5. The van der Waals surface area contributed by atoms with Gasteiger partial charge in [0.1, 0.15) is 28.9 Å². The molecule has 6 rings (SSSR count). The van der Waals surface area contributed by atoms with E-state index in [1.165, 1.54) is 31.2 Å². The first-order chi connectivity index (χ1) is 20.3. The van der Waals surface area contributed by atoms with Gasteiger partial charge in [0.2, 0.25) is 0 Å². The van der Waals surface area contributed by atoms with Gasteiger partial charge in [0.15, 0.2) is 5.82 Å². The molecule has 0 amide bonds. The van der Waals surface area contributed by atoms with Crippen molar-refractivity contribution in [1.29, 1.82) is 0 Å². The highest BCUT2D eigenvalue weighted by molar-refractivity contribution is 5.83. The van der Waals surface area contributed by atoms with E-state index in [2.05, 4.69) is 15.2 Å². The van der Waals surface area contributed by atoms with Crippen LogP contribution in [0.5, 0.6) is 5.75 Å². The molecule has 0 fully saturated rings. The molecule has 1 atom stereocenters. The van der Waals surface area contributed by atoms with Gasteiger partial charge in [-0.2, -0.15) is 0 Å². The van der Waals surface area contributed by atoms with Crippen LogP contribution in [-0.2, 0) is 0 Å². The van der Waals surface area contributed by atoms with Gasteiger partial charge < -0.3 is 13.9 Å². The number of benzene rings is 3. The second kappa shape index (κ2) is 10.8. The van der Waals surface area contributed by atoms with Gasteiger partial charge in [0, 0.05) is 29.1 Å². The third-order valence-electron chi connectivity index (χ3n) is 7.59. The Balaban J connectivity index is 1.53. The average Bonchev–Trinajstić information content (AvgIpc) is 3.62. The monoisotopic (exact) mass is 567 g/mol. The lowest BCUT2D eigenvalue weighted by atomic mass is 9.97. The topological polar surface area (TPSA) is 57.8 Å². The van der Waals surface area contributed by atoms with E-state index in [0.29, 0.717) is 29.3 Å². The maximum atomic E-state index is 14.7. The second-order valence-corrected chi connectivity index (χ2v) is 10.3. The highest BCUT2D eigenvalue weighted by Crippen LogP contribution is 2.40. The van der Waals surface area contributed by atoms with Gasteiger partial charge in [-0.1, -0.05) is 25.1 Å². The van der Waals surface area contributed by atoms with Crippen molar-refractivity contribution in [3.05, 3.63) is 114 Å². The lowest BCUT2D eigenvalue weighted by Crippen LogP contribution is -2.14. The number of imidazole rings is 1. The standard InChI is InChI=1S/C33H28F3N5O/c1-5-29(23-13-27(35)20(3)28(36)14-23)41-17-24(21-6-9-25(34)10-7-21)12-26-32(38-39-33(26)41)22-8-11-30(31(15-22)42-4)40-16-19(2)37-18-40/h6-18,29H,5H2,1-4H3. The summed E-state index contributed by atoms with van der Waals surface area (Å²) >= 11 is 0.